The van der Waals surface area contributed by atoms with Crippen molar-refractivity contribution in [1.82, 2.24) is 4.37 Å². The van der Waals surface area contributed by atoms with E-state index in [9.17, 15) is 9.59 Å². The number of carboxylic acid groups (broad SMARTS) is 1. The van der Waals surface area contributed by atoms with Crippen LogP contribution in [0.1, 0.15) is 33.3 Å². The van der Waals surface area contributed by atoms with E-state index in [1.54, 1.807) is 0 Å². The minimum Gasteiger partial charge on any atom is -0.476 e. The van der Waals surface area contributed by atoms with Gasteiger partial charge in [0.2, 0.25) is 5.91 Å². The van der Waals surface area contributed by atoms with E-state index in [4.69, 9.17) is 5.11 Å². The number of aromatic carboxylic acids is 1. The molecule has 0 aliphatic carbocycles. The van der Waals surface area contributed by atoms with Crippen LogP contribution in [0.2, 0.25) is 0 Å². The Labute approximate surface area is 126 Å². The number of hydrogen-bond acceptors (Lipinski definition) is 4. The zero-order chi connectivity index (χ0) is 14.3. The van der Waals surface area contributed by atoms with Crippen LogP contribution in [0, 0.1) is 0 Å². The predicted octanol–water partition coefficient (Wildman–Crippen LogP) is 3.08. The van der Waals surface area contributed by atoms with Gasteiger partial charge in [-0.3, -0.25) is 4.79 Å². The van der Waals surface area contributed by atoms with Gasteiger partial charge in [-0.1, -0.05) is 34.1 Å². The van der Waals surface area contributed by atoms with Crippen LogP contribution in [0.3, 0.4) is 0 Å². The van der Waals surface area contributed by atoms with E-state index in [1.807, 2.05) is 24.3 Å². The Hall–Kier alpha value is -1.73. The smallest absolute Gasteiger partial charge is 0.357 e. The Kier molecular flexibility index (Phi) is 3.31. The third-order valence-electron chi connectivity index (χ3n) is 3.17. The van der Waals surface area contributed by atoms with Crippen LogP contribution >= 0.6 is 27.5 Å². The lowest BCUT2D eigenvalue weighted by atomic mass is 9.90. The summed E-state index contributed by atoms with van der Waals surface area (Å²) < 4.78 is 4.85. The summed E-state index contributed by atoms with van der Waals surface area (Å²) in [5.41, 5.74) is 1.21. The number of carbonyl (C=O) groups is 2. The Morgan fingerprint density at radius 1 is 1.45 bits per heavy atom. The number of fused-ring (bicyclic) bond motifs is 1. The first-order valence-electron chi connectivity index (χ1n) is 5.85. The molecule has 7 heteroatoms. The van der Waals surface area contributed by atoms with Crippen LogP contribution in [-0.2, 0) is 4.79 Å². The number of anilines is 1. The highest BCUT2D eigenvalue weighted by Crippen LogP contribution is 2.43. The monoisotopic (exact) mass is 352 g/mol. The molecule has 2 heterocycles. The molecule has 1 aromatic heterocycles. The standard InChI is InChI=1S/C13H9BrN2O3S/c14-8-4-2-1-3-6(8)7-5-9(17)15-10-11(13(18)19)16-20-12(7)10/h1-4,7H,5H2,(H,15,17)(H,18,19). The highest BCUT2D eigenvalue weighted by atomic mass is 79.9. The summed E-state index contributed by atoms with van der Waals surface area (Å²) in [6.45, 7) is 0. The van der Waals surface area contributed by atoms with Crippen molar-refractivity contribution < 1.29 is 14.7 Å². The second-order valence-corrected chi connectivity index (χ2v) is 6.06. The highest BCUT2D eigenvalue weighted by Gasteiger charge is 2.33. The first-order valence-corrected chi connectivity index (χ1v) is 7.41. The molecule has 1 atom stereocenters. The number of carbonyl (C=O) groups excluding carboxylic acids is 1. The largest absolute Gasteiger partial charge is 0.476 e. The summed E-state index contributed by atoms with van der Waals surface area (Å²) >= 11 is 4.60. The Balaban J connectivity index is 2.14. The molecule has 0 radical (unpaired) electrons. The summed E-state index contributed by atoms with van der Waals surface area (Å²) in [5.74, 6) is -1.49. The predicted molar refractivity (Wildman–Crippen MR) is 78.3 cm³/mol. The van der Waals surface area contributed by atoms with Gasteiger partial charge in [0.15, 0.2) is 5.69 Å². The maximum absolute atomic E-state index is 11.9. The lowest BCUT2D eigenvalue weighted by Crippen LogP contribution is -2.23. The minimum absolute atomic E-state index is 0.0879. The number of amides is 1. The van der Waals surface area contributed by atoms with E-state index >= 15 is 0 Å². The maximum atomic E-state index is 11.9. The lowest BCUT2D eigenvalue weighted by molar-refractivity contribution is -0.116. The molecule has 20 heavy (non-hydrogen) atoms. The van der Waals surface area contributed by atoms with Crippen molar-refractivity contribution in [2.75, 3.05) is 5.32 Å². The zero-order valence-electron chi connectivity index (χ0n) is 10.1. The number of aromatic nitrogens is 1. The summed E-state index contributed by atoms with van der Waals surface area (Å²) in [6, 6.07) is 7.62. The molecule has 1 aromatic carbocycles. The maximum Gasteiger partial charge on any atom is 0.357 e. The summed E-state index contributed by atoms with van der Waals surface area (Å²) in [5, 5.41) is 11.7. The first-order chi connectivity index (χ1) is 9.58. The fourth-order valence-electron chi connectivity index (χ4n) is 2.28. The molecule has 0 saturated carbocycles. The van der Waals surface area contributed by atoms with E-state index in [1.165, 1.54) is 0 Å². The molecule has 102 valence electrons. The van der Waals surface area contributed by atoms with Crippen molar-refractivity contribution in [2.24, 2.45) is 0 Å². The second kappa shape index (κ2) is 4.99. The van der Waals surface area contributed by atoms with E-state index in [0.717, 1.165) is 26.4 Å². The Bertz CT molecular complexity index is 713. The molecule has 2 N–H and O–H groups in total. The molecule has 3 rings (SSSR count). The molecular formula is C13H9BrN2O3S. The van der Waals surface area contributed by atoms with Gasteiger partial charge in [0.25, 0.3) is 0 Å². The van der Waals surface area contributed by atoms with Gasteiger partial charge in [-0.25, -0.2) is 4.79 Å². The van der Waals surface area contributed by atoms with Crippen LogP contribution in [0.5, 0.6) is 0 Å². The molecule has 0 saturated heterocycles. The Morgan fingerprint density at radius 3 is 2.90 bits per heavy atom. The average molecular weight is 353 g/mol. The quantitative estimate of drug-likeness (QED) is 0.870. The number of hydrogen-bond donors (Lipinski definition) is 2. The van der Waals surface area contributed by atoms with E-state index < -0.39 is 5.97 Å². The molecule has 5 nitrogen and oxygen atoms in total. The van der Waals surface area contributed by atoms with Gasteiger partial charge in [0, 0.05) is 16.8 Å². The van der Waals surface area contributed by atoms with Crippen molar-refractivity contribution >= 4 is 45.0 Å². The van der Waals surface area contributed by atoms with Crippen LogP contribution < -0.4 is 5.32 Å². The fraction of sp³-hybridized carbons (Fsp3) is 0.154. The summed E-state index contributed by atoms with van der Waals surface area (Å²) in [4.78, 5) is 23.8. The molecule has 1 amide bonds. The molecule has 0 bridgehead atoms. The normalized spacial score (nSPS) is 17.4. The SMILES string of the molecule is O=C1CC(c2ccccc2Br)c2snc(C(=O)O)c2N1. The second-order valence-electron chi connectivity index (χ2n) is 4.40. The van der Waals surface area contributed by atoms with Crippen LogP contribution in [0.25, 0.3) is 0 Å². The van der Waals surface area contributed by atoms with Crippen LogP contribution in [-0.4, -0.2) is 21.4 Å². The van der Waals surface area contributed by atoms with Gasteiger partial charge >= 0.3 is 5.97 Å². The topological polar surface area (TPSA) is 79.3 Å². The molecule has 0 fully saturated rings. The average Bonchev–Trinajstić information content (AvgIpc) is 2.82. The molecule has 1 unspecified atom stereocenters. The lowest BCUT2D eigenvalue weighted by Gasteiger charge is -2.23. The zero-order valence-corrected chi connectivity index (χ0v) is 12.5. The van der Waals surface area contributed by atoms with Gasteiger partial charge in [-0.05, 0) is 23.2 Å². The molecule has 1 aliphatic heterocycles. The van der Waals surface area contributed by atoms with E-state index in [0.29, 0.717) is 5.69 Å². The number of nitrogens with zero attached hydrogens (tertiary/aromatic N) is 1. The molecule has 1 aliphatic rings. The first kappa shape index (κ1) is 13.3. The van der Waals surface area contributed by atoms with Gasteiger partial charge in [-0.2, -0.15) is 4.37 Å². The van der Waals surface area contributed by atoms with E-state index in [-0.39, 0.29) is 23.9 Å². The third-order valence-corrected chi connectivity index (χ3v) is 4.85. The minimum atomic E-state index is -1.13. The van der Waals surface area contributed by atoms with Crippen molar-refractivity contribution in [3.8, 4) is 0 Å². The molecule has 0 spiro atoms. The van der Waals surface area contributed by atoms with E-state index in [2.05, 4.69) is 25.6 Å². The van der Waals surface area contributed by atoms with Crippen LogP contribution in [0.4, 0.5) is 5.69 Å². The van der Waals surface area contributed by atoms with Gasteiger partial charge < -0.3 is 10.4 Å². The summed E-state index contributed by atoms with van der Waals surface area (Å²) in [7, 11) is 0. The summed E-state index contributed by atoms with van der Waals surface area (Å²) in [6.07, 6.45) is 0.289. The molecule has 2 aromatic rings. The van der Waals surface area contributed by atoms with Crippen molar-refractivity contribution in [1.29, 1.82) is 0 Å². The van der Waals surface area contributed by atoms with Crippen molar-refractivity contribution in [2.45, 2.75) is 12.3 Å². The van der Waals surface area contributed by atoms with Gasteiger partial charge in [0.1, 0.15) is 0 Å². The number of rotatable bonds is 2. The number of carboxylic acids is 1. The number of benzene rings is 1. The van der Waals surface area contributed by atoms with Gasteiger partial charge in [-0.15, -0.1) is 0 Å². The highest BCUT2D eigenvalue weighted by molar-refractivity contribution is 9.10. The number of nitrogens with one attached hydrogen (secondary N) is 1. The van der Waals surface area contributed by atoms with Crippen LogP contribution in [0.15, 0.2) is 28.7 Å². The number of halogens is 1. The molecular weight excluding hydrogens is 344 g/mol. The van der Waals surface area contributed by atoms with Crippen molar-refractivity contribution in [3.05, 3.63) is 44.9 Å². The fourth-order valence-corrected chi connectivity index (χ4v) is 3.78. The van der Waals surface area contributed by atoms with Gasteiger partial charge in [0.05, 0.1) is 10.6 Å². The van der Waals surface area contributed by atoms with Crippen molar-refractivity contribution in [3.63, 3.8) is 0 Å². The Morgan fingerprint density at radius 2 is 2.20 bits per heavy atom. The third kappa shape index (κ3) is 2.12.